The first-order valence-electron chi connectivity index (χ1n) is 10.7. The molecule has 2 aromatic heterocycles. The third kappa shape index (κ3) is 3.84. The Labute approximate surface area is 199 Å². The van der Waals surface area contributed by atoms with Gasteiger partial charge >= 0.3 is 5.69 Å². The van der Waals surface area contributed by atoms with E-state index in [1.165, 1.54) is 16.7 Å². The molecule has 0 bridgehead atoms. The molecule has 0 radical (unpaired) electrons. The largest absolute Gasteiger partial charge is 0.337 e. The van der Waals surface area contributed by atoms with Gasteiger partial charge in [-0.2, -0.15) is 0 Å². The van der Waals surface area contributed by atoms with Crippen molar-refractivity contribution in [2.45, 2.75) is 19.5 Å². The average molecular weight is 475 g/mol. The van der Waals surface area contributed by atoms with Crippen molar-refractivity contribution >= 4 is 22.8 Å². The lowest BCUT2D eigenvalue weighted by molar-refractivity contribution is 0.623. The van der Waals surface area contributed by atoms with E-state index in [-0.39, 0.29) is 24.1 Å². The molecule has 0 saturated carbocycles. The lowest BCUT2D eigenvalue weighted by Gasteiger charge is -2.16. The van der Waals surface area contributed by atoms with Gasteiger partial charge in [-0.15, -0.1) is 0 Å². The van der Waals surface area contributed by atoms with Gasteiger partial charge in [0.05, 0.1) is 24.6 Å². The van der Waals surface area contributed by atoms with E-state index in [0.717, 1.165) is 10.1 Å². The van der Waals surface area contributed by atoms with Crippen molar-refractivity contribution in [2.24, 2.45) is 0 Å². The Kier molecular flexibility index (Phi) is 5.63. The molecule has 0 N–H and O–H groups in total. The van der Waals surface area contributed by atoms with E-state index in [9.17, 15) is 14.0 Å². The van der Waals surface area contributed by atoms with Crippen LogP contribution in [-0.4, -0.2) is 18.7 Å². The van der Waals surface area contributed by atoms with Crippen LogP contribution in [0.25, 0.3) is 16.9 Å². The normalized spacial score (nSPS) is 12.2. The summed E-state index contributed by atoms with van der Waals surface area (Å²) < 4.78 is 17.8. The van der Waals surface area contributed by atoms with Gasteiger partial charge in [0.1, 0.15) is 5.82 Å². The standard InChI is InChI=1S/C26H20ClFN4O2/c1-17(19-5-3-2-4-6-19)31-16-29-24-23(31)25(33)30(15-18-7-11-21(28)12-8-18)26(34)32(24)22-13-9-20(27)10-14-22/h2-14,16-17H,15H2,1H3/t17-/m0/s1. The maximum atomic E-state index is 13.7. The van der Waals surface area contributed by atoms with Crippen LogP contribution in [0.1, 0.15) is 24.1 Å². The Hall–Kier alpha value is -3.97. The minimum Gasteiger partial charge on any atom is -0.317 e. The molecule has 0 saturated heterocycles. The number of aromatic nitrogens is 4. The SMILES string of the molecule is C[C@@H](c1ccccc1)n1cnc2c1c(=O)n(Cc1ccc(F)cc1)c(=O)n2-c1ccc(Cl)cc1. The zero-order valence-electron chi connectivity index (χ0n) is 18.2. The van der Waals surface area contributed by atoms with Crippen LogP contribution < -0.4 is 11.2 Å². The highest BCUT2D eigenvalue weighted by atomic mass is 35.5. The molecule has 0 unspecified atom stereocenters. The number of benzene rings is 3. The lowest BCUT2D eigenvalue weighted by atomic mass is 10.1. The summed E-state index contributed by atoms with van der Waals surface area (Å²) in [6.07, 6.45) is 1.58. The molecule has 34 heavy (non-hydrogen) atoms. The molecule has 0 spiro atoms. The van der Waals surface area contributed by atoms with Crippen LogP contribution in [0.2, 0.25) is 5.02 Å². The second kappa shape index (κ2) is 8.76. The highest BCUT2D eigenvalue weighted by molar-refractivity contribution is 6.30. The lowest BCUT2D eigenvalue weighted by Crippen LogP contribution is -2.40. The summed E-state index contributed by atoms with van der Waals surface area (Å²) in [4.78, 5) is 31.7. The summed E-state index contributed by atoms with van der Waals surface area (Å²) in [6, 6.07) is 22.0. The molecule has 5 aromatic rings. The van der Waals surface area contributed by atoms with Crippen molar-refractivity contribution in [1.82, 2.24) is 18.7 Å². The zero-order chi connectivity index (χ0) is 23.8. The fourth-order valence-corrected chi connectivity index (χ4v) is 4.19. The number of hydrogen-bond acceptors (Lipinski definition) is 3. The van der Waals surface area contributed by atoms with Crippen molar-refractivity contribution in [2.75, 3.05) is 0 Å². The Balaban J connectivity index is 1.78. The first-order valence-corrected chi connectivity index (χ1v) is 11.1. The molecule has 0 aliphatic rings. The predicted octanol–water partition coefficient (Wildman–Crippen LogP) is 4.80. The summed E-state index contributed by atoms with van der Waals surface area (Å²) in [6.45, 7) is 1.96. The van der Waals surface area contributed by atoms with Crippen molar-refractivity contribution < 1.29 is 4.39 Å². The molecule has 3 aromatic carbocycles. The van der Waals surface area contributed by atoms with Gasteiger partial charge in [0.2, 0.25) is 0 Å². The monoisotopic (exact) mass is 474 g/mol. The van der Waals surface area contributed by atoms with Gasteiger partial charge in [0, 0.05) is 5.02 Å². The van der Waals surface area contributed by atoms with Gasteiger partial charge in [-0.1, -0.05) is 54.1 Å². The molecule has 6 nitrogen and oxygen atoms in total. The van der Waals surface area contributed by atoms with Crippen molar-refractivity contribution in [1.29, 1.82) is 0 Å². The number of imidazole rings is 1. The minimum absolute atomic E-state index is 0.00757. The summed E-state index contributed by atoms with van der Waals surface area (Å²) in [5.41, 5.74) is 1.71. The number of rotatable bonds is 5. The molecule has 0 amide bonds. The van der Waals surface area contributed by atoms with E-state index in [2.05, 4.69) is 4.98 Å². The van der Waals surface area contributed by atoms with Crippen molar-refractivity contribution in [3.63, 3.8) is 0 Å². The zero-order valence-corrected chi connectivity index (χ0v) is 19.0. The van der Waals surface area contributed by atoms with Crippen LogP contribution in [0.4, 0.5) is 4.39 Å². The topological polar surface area (TPSA) is 61.8 Å². The third-order valence-corrected chi connectivity index (χ3v) is 6.15. The van der Waals surface area contributed by atoms with Crippen LogP contribution in [0.15, 0.2) is 94.8 Å². The van der Waals surface area contributed by atoms with E-state index < -0.39 is 11.2 Å². The van der Waals surface area contributed by atoms with Crippen molar-refractivity contribution in [3.8, 4) is 5.69 Å². The van der Waals surface area contributed by atoms with Gasteiger partial charge in [-0.3, -0.25) is 9.36 Å². The molecule has 0 fully saturated rings. The van der Waals surface area contributed by atoms with Gasteiger partial charge in [0.15, 0.2) is 11.2 Å². The van der Waals surface area contributed by atoms with Crippen LogP contribution in [0.5, 0.6) is 0 Å². The minimum atomic E-state index is -0.540. The summed E-state index contributed by atoms with van der Waals surface area (Å²) in [7, 11) is 0. The van der Waals surface area contributed by atoms with Crippen LogP contribution >= 0.6 is 11.6 Å². The highest BCUT2D eigenvalue weighted by Crippen LogP contribution is 2.23. The highest BCUT2D eigenvalue weighted by Gasteiger charge is 2.22. The molecule has 5 rings (SSSR count). The number of fused-ring (bicyclic) bond motifs is 1. The maximum Gasteiger partial charge on any atom is 0.337 e. The summed E-state index contributed by atoms with van der Waals surface area (Å²) >= 11 is 6.05. The predicted molar refractivity (Wildman–Crippen MR) is 130 cm³/mol. The molecule has 0 aliphatic heterocycles. The second-order valence-electron chi connectivity index (χ2n) is 8.02. The number of halogens is 2. The second-order valence-corrected chi connectivity index (χ2v) is 8.46. The first kappa shape index (κ1) is 21.9. The van der Waals surface area contributed by atoms with Gasteiger partial charge in [0.25, 0.3) is 5.56 Å². The molecule has 8 heteroatoms. The van der Waals surface area contributed by atoms with Crippen LogP contribution in [0.3, 0.4) is 0 Å². The fraction of sp³-hybridized carbons (Fsp3) is 0.115. The van der Waals surface area contributed by atoms with E-state index in [1.807, 2.05) is 37.3 Å². The molecule has 170 valence electrons. The van der Waals surface area contributed by atoms with Crippen molar-refractivity contribution in [3.05, 3.63) is 128 Å². The maximum absolute atomic E-state index is 13.7. The number of hydrogen-bond donors (Lipinski definition) is 0. The summed E-state index contributed by atoms with van der Waals surface area (Å²) in [5.74, 6) is -0.389. The Bertz CT molecular complexity index is 1590. The molecule has 2 heterocycles. The van der Waals surface area contributed by atoms with E-state index in [1.54, 1.807) is 47.3 Å². The average Bonchev–Trinajstić information content (AvgIpc) is 3.29. The molecule has 1 atom stereocenters. The summed E-state index contributed by atoms with van der Waals surface area (Å²) in [5, 5.41) is 0.524. The smallest absolute Gasteiger partial charge is 0.317 e. The van der Waals surface area contributed by atoms with E-state index in [4.69, 9.17) is 11.6 Å². The Morgan fingerprint density at radius 2 is 1.62 bits per heavy atom. The Morgan fingerprint density at radius 3 is 2.29 bits per heavy atom. The molecular formula is C26H20ClFN4O2. The Morgan fingerprint density at radius 1 is 0.941 bits per heavy atom. The quantitative estimate of drug-likeness (QED) is 0.367. The van der Waals surface area contributed by atoms with Gasteiger partial charge < -0.3 is 4.57 Å². The fourth-order valence-electron chi connectivity index (χ4n) is 4.07. The van der Waals surface area contributed by atoms with Crippen LogP contribution in [0, 0.1) is 5.82 Å². The molecular weight excluding hydrogens is 455 g/mol. The van der Waals surface area contributed by atoms with Gasteiger partial charge in [-0.25, -0.2) is 18.7 Å². The van der Waals surface area contributed by atoms with Crippen LogP contribution in [-0.2, 0) is 6.54 Å². The number of nitrogens with zero attached hydrogens (tertiary/aromatic N) is 4. The van der Waals surface area contributed by atoms with E-state index in [0.29, 0.717) is 21.8 Å². The van der Waals surface area contributed by atoms with E-state index >= 15 is 0 Å². The molecule has 0 aliphatic carbocycles. The third-order valence-electron chi connectivity index (χ3n) is 5.89. The van der Waals surface area contributed by atoms with Gasteiger partial charge in [-0.05, 0) is 54.4 Å². The first-order chi connectivity index (χ1) is 16.4.